The summed E-state index contributed by atoms with van der Waals surface area (Å²) in [6, 6.07) is -0.491. The molecule has 0 saturated carbocycles. The molecule has 4 heteroatoms. The summed E-state index contributed by atoms with van der Waals surface area (Å²) >= 11 is 2.97. The van der Waals surface area contributed by atoms with E-state index in [0.29, 0.717) is 0 Å². The summed E-state index contributed by atoms with van der Waals surface area (Å²) in [7, 11) is 0. The van der Waals surface area contributed by atoms with Crippen LogP contribution in [-0.2, 0) is 0 Å². The predicted molar refractivity (Wildman–Crippen MR) is 39.7 cm³/mol. The lowest BCUT2D eigenvalue weighted by Crippen LogP contribution is -2.07. The molecule has 48 valence electrons. The van der Waals surface area contributed by atoms with Crippen molar-refractivity contribution in [3.63, 3.8) is 0 Å². The first kappa shape index (κ1) is 3.53. The highest BCUT2D eigenvalue weighted by molar-refractivity contribution is 9.10. The molecule has 0 saturated heterocycles. The smallest absolute Gasteiger partial charge is 0.141 e. The van der Waals surface area contributed by atoms with Crippen LogP contribution >= 0.6 is 15.9 Å². The van der Waals surface area contributed by atoms with Crippen LogP contribution in [0.3, 0.4) is 0 Å². The monoisotopic (exact) mass is 190 g/mol. The number of hydrogen-bond donors (Lipinski definition) is 2. The van der Waals surface area contributed by atoms with E-state index in [2.05, 4.69) is 26.3 Å². The summed E-state index contributed by atoms with van der Waals surface area (Å²) in [6.45, 7) is 0. The molecule has 1 aromatic rings. The van der Waals surface area contributed by atoms with Crippen molar-refractivity contribution in [2.45, 2.75) is 0 Å². The second kappa shape index (κ2) is 2.80. The van der Waals surface area contributed by atoms with E-state index in [1.807, 2.05) is 0 Å². The number of rotatable bonds is 1. The molecule has 0 amide bonds. The number of nitrogens with zero attached hydrogens (tertiary/aromatic N) is 1. The Kier molecular flexibility index (Phi) is 1.10. The number of aromatic nitrogens is 1. The van der Waals surface area contributed by atoms with Gasteiger partial charge in [0.2, 0.25) is 0 Å². The topological polar surface area (TPSA) is 50.9 Å². The Labute approximate surface area is 65.6 Å². The van der Waals surface area contributed by atoms with Gasteiger partial charge in [0, 0.05) is 0 Å². The fourth-order valence-corrected chi connectivity index (χ4v) is 0.641. The van der Waals surface area contributed by atoms with Crippen molar-refractivity contribution in [1.29, 1.82) is 0 Å². The number of pyridine rings is 1. The van der Waals surface area contributed by atoms with Gasteiger partial charge in [-0.1, -0.05) is 6.04 Å². The molecule has 3 nitrogen and oxygen atoms in total. The van der Waals surface area contributed by atoms with Crippen LogP contribution in [-0.4, -0.2) is 4.98 Å². The first-order valence-corrected chi connectivity index (χ1v) is 2.97. The standard InChI is InChI=1S/C5H6BrN3/c6-4-2-1-3-5(8-4)9-7/h1-3H,7H2,(H,8,9)/i1D,2D,3D. The third kappa shape index (κ3) is 1.65. The van der Waals surface area contributed by atoms with Gasteiger partial charge < -0.3 is 5.43 Å². The molecule has 1 rings (SSSR count). The van der Waals surface area contributed by atoms with Crippen molar-refractivity contribution >= 4 is 21.7 Å². The summed E-state index contributed by atoms with van der Waals surface area (Å²) in [5, 5.41) is 0. The summed E-state index contributed by atoms with van der Waals surface area (Å²) in [5.74, 6) is 5.13. The van der Waals surface area contributed by atoms with Gasteiger partial charge in [-0.15, -0.1) is 0 Å². The number of hydrogen-bond acceptors (Lipinski definition) is 3. The quantitative estimate of drug-likeness (QED) is 0.397. The normalized spacial score (nSPS) is 13.8. The molecule has 1 aromatic heterocycles. The highest BCUT2D eigenvalue weighted by Crippen LogP contribution is 2.07. The second-order valence-corrected chi connectivity index (χ2v) is 2.02. The lowest BCUT2D eigenvalue weighted by atomic mass is 10.5. The molecule has 9 heavy (non-hydrogen) atoms. The van der Waals surface area contributed by atoms with Crippen LogP contribution in [0.5, 0.6) is 0 Å². The summed E-state index contributed by atoms with van der Waals surface area (Å²) in [4.78, 5) is 3.74. The second-order valence-electron chi connectivity index (χ2n) is 1.27. The molecule has 0 aliphatic heterocycles. The van der Waals surface area contributed by atoms with Gasteiger partial charge in [0.05, 0.1) is 4.11 Å². The maximum Gasteiger partial charge on any atom is 0.141 e. The zero-order valence-electron chi connectivity index (χ0n) is 7.40. The molecule has 0 atom stereocenters. The third-order valence-electron chi connectivity index (χ3n) is 0.693. The van der Waals surface area contributed by atoms with E-state index in [9.17, 15) is 0 Å². The lowest BCUT2D eigenvalue weighted by Gasteiger charge is -1.95. The maximum atomic E-state index is 7.30. The summed E-state index contributed by atoms with van der Waals surface area (Å²) in [5.41, 5.74) is 2.17. The molecular formula is C5H6BrN3. The molecule has 0 aromatic carbocycles. The Morgan fingerprint density at radius 2 is 2.56 bits per heavy atom. The highest BCUT2D eigenvalue weighted by atomic mass is 79.9. The van der Waals surface area contributed by atoms with Crippen LogP contribution in [0.2, 0.25) is 0 Å². The number of nitrogen functional groups attached to an aromatic ring is 1. The van der Waals surface area contributed by atoms with Crippen LogP contribution < -0.4 is 11.3 Å². The highest BCUT2D eigenvalue weighted by Gasteiger charge is 1.88. The molecule has 0 aliphatic carbocycles. The average molecular weight is 191 g/mol. The van der Waals surface area contributed by atoms with E-state index in [0.717, 1.165) is 0 Å². The van der Waals surface area contributed by atoms with Gasteiger partial charge in [-0.25, -0.2) is 10.8 Å². The number of nitrogens with two attached hydrogens (primary N) is 1. The Balaban J connectivity index is 3.39. The molecular weight excluding hydrogens is 182 g/mol. The largest absolute Gasteiger partial charge is 0.308 e. The van der Waals surface area contributed by atoms with E-state index in [1.54, 1.807) is 0 Å². The van der Waals surface area contributed by atoms with Crippen LogP contribution in [0.1, 0.15) is 4.11 Å². The first-order valence-electron chi connectivity index (χ1n) is 3.67. The summed E-state index contributed by atoms with van der Waals surface area (Å²) in [6.07, 6.45) is 0. The number of anilines is 1. The minimum atomic E-state index is -0.204. The van der Waals surface area contributed by atoms with Crippen molar-refractivity contribution in [3.8, 4) is 0 Å². The zero-order chi connectivity index (χ0) is 9.30. The van der Waals surface area contributed by atoms with E-state index in [1.165, 1.54) is 0 Å². The molecule has 0 spiro atoms. The molecule has 0 aliphatic rings. The van der Waals surface area contributed by atoms with Crippen molar-refractivity contribution in [2.75, 3.05) is 5.43 Å². The van der Waals surface area contributed by atoms with E-state index >= 15 is 0 Å². The maximum absolute atomic E-state index is 7.30. The number of nitrogens with one attached hydrogen (secondary N) is 1. The predicted octanol–water partition coefficient (Wildman–Crippen LogP) is 1.13. The Morgan fingerprint density at radius 1 is 1.78 bits per heavy atom. The third-order valence-corrected chi connectivity index (χ3v) is 1.07. The van der Waals surface area contributed by atoms with Crippen LogP contribution in [0.15, 0.2) is 22.7 Å². The molecule has 0 unspecified atom stereocenters. The fraction of sp³-hybridized carbons (Fsp3) is 0. The Hall–Kier alpha value is -0.610. The molecule has 1 heterocycles. The van der Waals surface area contributed by atoms with Gasteiger partial charge in [-0.3, -0.25) is 0 Å². The number of hydrazine groups is 1. The van der Waals surface area contributed by atoms with E-state index < -0.39 is 0 Å². The zero-order valence-corrected chi connectivity index (χ0v) is 5.99. The number of halogens is 1. The van der Waals surface area contributed by atoms with Crippen molar-refractivity contribution in [1.82, 2.24) is 4.98 Å². The van der Waals surface area contributed by atoms with Gasteiger partial charge in [-0.2, -0.15) is 0 Å². The minimum Gasteiger partial charge on any atom is -0.308 e. The van der Waals surface area contributed by atoms with Gasteiger partial charge in [0.25, 0.3) is 0 Å². The molecule has 3 N–H and O–H groups in total. The Morgan fingerprint density at radius 3 is 3.22 bits per heavy atom. The lowest BCUT2D eigenvalue weighted by molar-refractivity contribution is 1.20. The first-order chi connectivity index (χ1) is 5.57. The molecule has 0 bridgehead atoms. The van der Waals surface area contributed by atoms with E-state index in [-0.39, 0.29) is 28.5 Å². The van der Waals surface area contributed by atoms with Gasteiger partial charge in [0.15, 0.2) is 0 Å². The minimum absolute atomic E-state index is 0.0860. The van der Waals surface area contributed by atoms with Crippen molar-refractivity contribution < 1.29 is 4.11 Å². The average Bonchev–Trinajstić information content (AvgIpc) is 2.08. The molecule has 0 fully saturated rings. The fourth-order valence-electron chi connectivity index (χ4n) is 0.364. The van der Waals surface area contributed by atoms with Gasteiger partial charge in [0.1, 0.15) is 10.4 Å². The van der Waals surface area contributed by atoms with Crippen molar-refractivity contribution in [3.05, 3.63) is 22.7 Å². The summed E-state index contributed by atoms with van der Waals surface area (Å²) < 4.78 is 22.1. The van der Waals surface area contributed by atoms with Gasteiger partial charge >= 0.3 is 0 Å². The Bertz CT molecular complexity index is 317. The van der Waals surface area contributed by atoms with Crippen LogP contribution in [0, 0.1) is 0 Å². The molecule has 0 radical (unpaired) electrons. The van der Waals surface area contributed by atoms with E-state index in [4.69, 9.17) is 9.95 Å². The SMILES string of the molecule is [2H]c1c(Br)nc(NN)c([2H])c1[2H]. The van der Waals surface area contributed by atoms with Gasteiger partial charge in [-0.05, 0) is 28.0 Å². The van der Waals surface area contributed by atoms with Crippen molar-refractivity contribution in [2.24, 2.45) is 5.84 Å². The van der Waals surface area contributed by atoms with Crippen LogP contribution in [0.4, 0.5) is 5.82 Å². The van der Waals surface area contributed by atoms with Crippen LogP contribution in [0.25, 0.3) is 0 Å².